The molecule has 104 valence electrons. The van der Waals surface area contributed by atoms with Gasteiger partial charge in [0.05, 0.1) is 5.75 Å². The number of rotatable bonds is 2. The van der Waals surface area contributed by atoms with E-state index in [1.807, 2.05) is 6.92 Å². The first-order chi connectivity index (χ1) is 8.43. The van der Waals surface area contributed by atoms with Crippen molar-refractivity contribution in [1.82, 2.24) is 10.6 Å². The maximum atomic E-state index is 12.2. The average molecular weight is 274 g/mol. The Labute approximate surface area is 109 Å². The second kappa shape index (κ2) is 5.17. The van der Waals surface area contributed by atoms with E-state index in [4.69, 9.17) is 0 Å². The molecule has 18 heavy (non-hydrogen) atoms. The van der Waals surface area contributed by atoms with Crippen LogP contribution in [0.4, 0.5) is 0 Å². The van der Waals surface area contributed by atoms with Crippen molar-refractivity contribution in [2.75, 3.05) is 18.8 Å². The van der Waals surface area contributed by atoms with Gasteiger partial charge < -0.3 is 10.6 Å². The summed E-state index contributed by atoms with van der Waals surface area (Å²) in [5.74, 6) is -0.136. The summed E-state index contributed by atoms with van der Waals surface area (Å²) in [4.78, 5) is 12.2. The van der Waals surface area contributed by atoms with Crippen molar-refractivity contribution in [3.05, 3.63) is 0 Å². The lowest BCUT2D eigenvalue weighted by molar-refractivity contribution is -0.122. The van der Waals surface area contributed by atoms with Gasteiger partial charge in [0.2, 0.25) is 5.91 Å². The van der Waals surface area contributed by atoms with Gasteiger partial charge in [-0.25, -0.2) is 8.42 Å². The highest BCUT2D eigenvalue weighted by Gasteiger charge is 2.38. The van der Waals surface area contributed by atoms with Gasteiger partial charge in [-0.3, -0.25) is 4.79 Å². The van der Waals surface area contributed by atoms with Crippen LogP contribution in [0.1, 0.15) is 39.0 Å². The van der Waals surface area contributed by atoms with Crippen molar-refractivity contribution in [2.24, 2.45) is 0 Å². The summed E-state index contributed by atoms with van der Waals surface area (Å²) in [6.45, 7) is 3.74. The molecule has 0 bridgehead atoms. The Kier molecular flexibility index (Phi) is 3.96. The summed E-state index contributed by atoms with van der Waals surface area (Å²) in [6, 6.07) is 0. The molecule has 2 aliphatic rings. The Morgan fingerprint density at radius 3 is 2.56 bits per heavy atom. The molecule has 2 N–H and O–H groups in total. The lowest BCUT2D eigenvalue weighted by Crippen LogP contribution is -2.56. The molecule has 0 aromatic rings. The molecule has 0 aromatic heterocycles. The largest absolute Gasteiger partial charge is 0.350 e. The Morgan fingerprint density at radius 1 is 1.28 bits per heavy atom. The van der Waals surface area contributed by atoms with Crippen molar-refractivity contribution in [3.8, 4) is 0 Å². The van der Waals surface area contributed by atoms with Gasteiger partial charge in [0.25, 0.3) is 0 Å². The van der Waals surface area contributed by atoms with Gasteiger partial charge in [-0.1, -0.05) is 6.42 Å². The van der Waals surface area contributed by atoms with E-state index in [0.29, 0.717) is 12.8 Å². The van der Waals surface area contributed by atoms with E-state index in [2.05, 4.69) is 10.6 Å². The normalized spacial score (nSPS) is 30.6. The maximum absolute atomic E-state index is 12.2. The number of amides is 1. The zero-order valence-electron chi connectivity index (χ0n) is 10.9. The molecule has 2 saturated heterocycles. The monoisotopic (exact) mass is 274 g/mol. The minimum absolute atomic E-state index is 0.156. The molecule has 6 heteroatoms. The second-order valence-corrected chi connectivity index (χ2v) is 7.95. The van der Waals surface area contributed by atoms with E-state index in [-0.39, 0.29) is 17.2 Å². The summed E-state index contributed by atoms with van der Waals surface area (Å²) >= 11 is 0. The number of piperidine rings is 1. The maximum Gasteiger partial charge on any atom is 0.238 e. The highest BCUT2D eigenvalue weighted by molar-refractivity contribution is 7.92. The van der Waals surface area contributed by atoms with Crippen molar-refractivity contribution in [3.63, 3.8) is 0 Å². The summed E-state index contributed by atoms with van der Waals surface area (Å²) in [7, 11) is -3.23. The minimum Gasteiger partial charge on any atom is -0.350 e. The molecule has 2 fully saturated rings. The van der Waals surface area contributed by atoms with Gasteiger partial charge in [-0.15, -0.1) is 0 Å². The van der Waals surface area contributed by atoms with E-state index in [1.165, 1.54) is 0 Å². The Bertz CT molecular complexity index is 413. The van der Waals surface area contributed by atoms with Crippen LogP contribution in [-0.2, 0) is 14.6 Å². The Morgan fingerprint density at radius 2 is 1.94 bits per heavy atom. The number of sulfone groups is 1. The Hall–Kier alpha value is -0.620. The zero-order chi connectivity index (χ0) is 13.2. The highest BCUT2D eigenvalue weighted by atomic mass is 32.2. The molecule has 1 amide bonds. The van der Waals surface area contributed by atoms with Crippen molar-refractivity contribution < 1.29 is 13.2 Å². The predicted molar refractivity (Wildman–Crippen MR) is 70.1 cm³/mol. The van der Waals surface area contributed by atoms with E-state index in [9.17, 15) is 13.2 Å². The molecule has 1 unspecified atom stereocenters. The third-order valence-corrected chi connectivity index (χ3v) is 6.18. The van der Waals surface area contributed by atoms with Crippen LogP contribution in [0, 0.1) is 0 Å². The van der Waals surface area contributed by atoms with Crippen LogP contribution >= 0.6 is 0 Å². The van der Waals surface area contributed by atoms with Crippen LogP contribution < -0.4 is 10.6 Å². The van der Waals surface area contributed by atoms with Crippen molar-refractivity contribution in [1.29, 1.82) is 0 Å². The van der Waals surface area contributed by atoms with Crippen molar-refractivity contribution in [2.45, 2.75) is 49.8 Å². The number of carbonyl (C=O) groups excluding carboxylic acids is 1. The molecule has 1 atom stereocenters. The fourth-order valence-electron chi connectivity index (χ4n) is 2.73. The third kappa shape index (κ3) is 3.03. The summed E-state index contributed by atoms with van der Waals surface area (Å²) < 4.78 is 23.8. The molecule has 2 rings (SSSR count). The van der Waals surface area contributed by atoms with Gasteiger partial charge in [-0.05, 0) is 45.7 Å². The van der Waals surface area contributed by atoms with E-state index >= 15 is 0 Å². The summed E-state index contributed by atoms with van der Waals surface area (Å²) in [6.07, 6.45) is 3.70. The molecule has 0 radical (unpaired) electrons. The zero-order valence-corrected chi connectivity index (χ0v) is 11.7. The smallest absolute Gasteiger partial charge is 0.238 e. The van der Waals surface area contributed by atoms with Crippen molar-refractivity contribution >= 4 is 15.7 Å². The summed E-state index contributed by atoms with van der Waals surface area (Å²) in [5.41, 5.74) is -0.255. The fraction of sp³-hybridized carbons (Fsp3) is 0.917. The van der Waals surface area contributed by atoms with E-state index in [0.717, 1.165) is 32.4 Å². The molecule has 0 saturated carbocycles. The number of hydrogen-bond donors (Lipinski definition) is 2. The number of hydrogen-bond acceptors (Lipinski definition) is 4. The quantitative estimate of drug-likeness (QED) is 0.755. The molecule has 0 aromatic carbocycles. The Balaban J connectivity index is 2.02. The first-order valence-corrected chi connectivity index (χ1v) is 8.39. The minimum atomic E-state index is -3.23. The van der Waals surface area contributed by atoms with E-state index in [1.54, 1.807) is 0 Å². The van der Waals surface area contributed by atoms with Gasteiger partial charge in [0.1, 0.15) is 5.25 Å². The third-order valence-electron chi connectivity index (χ3n) is 4.00. The van der Waals surface area contributed by atoms with Crippen LogP contribution in [0.5, 0.6) is 0 Å². The van der Waals surface area contributed by atoms with Gasteiger partial charge in [0.15, 0.2) is 9.84 Å². The molecular weight excluding hydrogens is 252 g/mol. The van der Waals surface area contributed by atoms with Gasteiger partial charge in [-0.2, -0.15) is 0 Å². The number of carbonyl (C=O) groups is 1. The van der Waals surface area contributed by atoms with Crippen LogP contribution in [0.3, 0.4) is 0 Å². The van der Waals surface area contributed by atoms with Crippen LogP contribution in [0.2, 0.25) is 0 Å². The number of nitrogens with one attached hydrogen (secondary N) is 2. The molecule has 0 aliphatic carbocycles. The molecule has 2 heterocycles. The second-order valence-electron chi connectivity index (χ2n) is 5.65. The van der Waals surface area contributed by atoms with Crippen LogP contribution in [-0.4, -0.2) is 44.0 Å². The van der Waals surface area contributed by atoms with Gasteiger partial charge >= 0.3 is 0 Å². The van der Waals surface area contributed by atoms with Crippen LogP contribution in [0.15, 0.2) is 0 Å². The average Bonchev–Trinajstić information content (AvgIpc) is 2.28. The highest BCUT2D eigenvalue weighted by Crippen LogP contribution is 2.22. The summed E-state index contributed by atoms with van der Waals surface area (Å²) in [5, 5.41) is 5.38. The molecular formula is C12H22N2O3S. The standard InChI is InChI=1S/C12H22N2O3S/c1-12(5-7-13-8-6-12)14-11(15)10-4-2-3-9-18(10,16)17/h10,13H,2-9H2,1H3,(H,14,15). The van der Waals surface area contributed by atoms with Gasteiger partial charge in [0, 0.05) is 5.54 Å². The topological polar surface area (TPSA) is 75.3 Å². The SMILES string of the molecule is CC1(NC(=O)C2CCCCS2(=O)=O)CCNCC1. The molecule has 0 spiro atoms. The van der Waals surface area contributed by atoms with E-state index < -0.39 is 15.1 Å². The first-order valence-electron chi connectivity index (χ1n) is 6.67. The van der Waals surface area contributed by atoms with Crippen LogP contribution in [0.25, 0.3) is 0 Å². The molecule has 5 nitrogen and oxygen atoms in total. The fourth-order valence-corrected chi connectivity index (χ4v) is 4.53. The lowest BCUT2D eigenvalue weighted by atomic mass is 9.90. The first kappa shape index (κ1) is 13.8. The lowest BCUT2D eigenvalue weighted by Gasteiger charge is -2.36. The predicted octanol–water partition coefficient (Wildman–Crippen LogP) is 0.212. The molecule has 2 aliphatic heterocycles.